The fourth-order valence-corrected chi connectivity index (χ4v) is 3.02. The van der Waals surface area contributed by atoms with E-state index in [2.05, 4.69) is 15.9 Å². The van der Waals surface area contributed by atoms with E-state index in [0.29, 0.717) is 19.6 Å². The Balaban J connectivity index is 2.12. The van der Waals surface area contributed by atoms with Gasteiger partial charge in [0.05, 0.1) is 13.2 Å². The zero-order chi connectivity index (χ0) is 10.2. The van der Waals surface area contributed by atoms with E-state index in [4.69, 9.17) is 9.84 Å². The number of aliphatic carboxylic acids is 1. The van der Waals surface area contributed by atoms with Crippen molar-refractivity contribution in [3.63, 3.8) is 0 Å². The molecule has 0 radical (unpaired) electrons. The summed E-state index contributed by atoms with van der Waals surface area (Å²) in [7, 11) is 0. The van der Waals surface area contributed by atoms with Crippen LogP contribution in [0.1, 0.15) is 4.88 Å². The molecular formula is C9H9BrO3S. The highest BCUT2D eigenvalue weighted by atomic mass is 79.9. The fourth-order valence-electron chi connectivity index (χ4n) is 1.43. The lowest BCUT2D eigenvalue weighted by Gasteiger charge is -2.36. The first-order valence-corrected chi connectivity index (χ1v) is 5.84. The number of rotatable bonds is 3. The first kappa shape index (κ1) is 10.1. The van der Waals surface area contributed by atoms with Crippen LogP contribution in [0.25, 0.3) is 0 Å². The topological polar surface area (TPSA) is 46.5 Å². The highest BCUT2D eigenvalue weighted by molar-refractivity contribution is 9.10. The summed E-state index contributed by atoms with van der Waals surface area (Å²) in [5.74, 6) is -0.756. The minimum atomic E-state index is -0.756. The predicted octanol–water partition coefficient (Wildman–Crippen LogP) is 2.15. The summed E-state index contributed by atoms with van der Waals surface area (Å²) < 4.78 is 6.00. The van der Waals surface area contributed by atoms with Crippen molar-refractivity contribution in [3.8, 4) is 0 Å². The quantitative estimate of drug-likeness (QED) is 0.920. The Labute approximate surface area is 93.8 Å². The van der Waals surface area contributed by atoms with Crippen LogP contribution in [0.5, 0.6) is 0 Å². The molecule has 1 aliphatic heterocycles. The van der Waals surface area contributed by atoms with Crippen molar-refractivity contribution in [2.24, 2.45) is 5.41 Å². The number of carbonyl (C=O) groups is 1. The molecule has 1 saturated heterocycles. The average Bonchev–Trinajstić information content (AvgIpc) is 2.43. The largest absolute Gasteiger partial charge is 0.481 e. The molecule has 3 nitrogen and oxygen atoms in total. The Bertz CT molecular complexity index is 357. The summed E-state index contributed by atoms with van der Waals surface area (Å²) in [6, 6.07) is 1.97. The van der Waals surface area contributed by atoms with Crippen molar-refractivity contribution in [1.29, 1.82) is 0 Å². The number of hydrogen-bond acceptors (Lipinski definition) is 3. The molecule has 5 heteroatoms. The molecule has 14 heavy (non-hydrogen) atoms. The second-order valence-electron chi connectivity index (χ2n) is 3.49. The third kappa shape index (κ3) is 1.71. The third-order valence-corrected chi connectivity index (χ3v) is 4.04. The summed E-state index contributed by atoms with van der Waals surface area (Å²) in [6.07, 6.45) is 0.568. The van der Waals surface area contributed by atoms with Gasteiger partial charge in [-0.1, -0.05) is 0 Å². The molecule has 0 saturated carbocycles. The molecule has 76 valence electrons. The molecule has 0 spiro atoms. The molecule has 0 bridgehead atoms. The molecule has 1 aliphatic rings. The summed E-state index contributed by atoms with van der Waals surface area (Å²) in [4.78, 5) is 12.1. The maximum Gasteiger partial charge on any atom is 0.314 e. The monoisotopic (exact) mass is 276 g/mol. The van der Waals surface area contributed by atoms with Crippen LogP contribution < -0.4 is 0 Å². The SMILES string of the molecule is O=C(O)C1(Cc2cc(Br)cs2)COC1. The molecule has 2 rings (SSSR count). The van der Waals surface area contributed by atoms with Crippen LogP contribution in [0, 0.1) is 5.41 Å². The van der Waals surface area contributed by atoms with Gasteiger partial charge in [-0.05, 0) is 22.0 Å². The van der Waals surface area contributed by atoms with Crippen molar-refractivity contribution < 1.29 is 14.6 Å². The Morgan fingerprint density at radius 2 is 2.43 bits per heavy atom. The molecule has 0 aliphatic carbocycles. The van der Waals surface area contributed by atoms with Gasteiger partial charge < -0.3 is 9.84 Å². The average molecular weight is 277 g/mol. The van der Waals surface area contributed by atoms with Crippen LogP contribution in [0.2, 0.25) is 0 Å². The first-order chi connectivity index (χ1) is 6.62. The van der Waals surface area contributed by atoms with Crippen LogP contribution in [-0.2, 0) is 16.0 Å². The summed E-state index contributed by atoms with van der Waals surface area (Å²) >= 11 is 4.93. The van der Waals surface area contributed by atoms with Crippen molar-refractivity contribution in [3.05, 3.63) is 20.8 Å². The lowest BCUT2D eigenvalue weighted by Crippen LogP contribution is -2.50. The number of thiophene rings is 1. The molecule has 0 atom stereocenters. The van der Waals surface area contributed by atoms with Crippen molar-refractivity contribution in [2.45, 2.75) is 6.42 Å². The van der Waals surface area contributed by atoms with Gasteiger partial charge in [0.1, 0.15) is 5.41 Å². The van der Waals surface area contributed by atoms with Gasteiger partial charge >= 0.3 is 5.97 Å². The predicted molar refractivity (Wildman–Crippen MR) is 56.6 cm³/mol. The lowest BCUT2D eigenvalue weighted by molar-refractivity contribution is -0.179. The van der Waals surface area contributed by atoms with Crippen molar-refractivity contribution >= 4 is 33.2 Å². The van der Waals surface area contributed by atoms with Gasteiger partial charge in [0.25, 0.3) is 0 Å². The standard InChI is InChI=1S/C9H9BrO3S/c10-6-1-7(14-3-6)2-9(8(11)12)4-13-5-9/h1,3H,2,4-5H2,(H,11,12). The molecule has 0 unspecified atom stereocenters. The summed E-state index contributed by atoms with van der Waals surface area (Å²) in [5.41, 5.74) is -0.676. The van der Waals surface area contributed by atoms with Crippen molar-refractivity contribution in [2.75, 3.05) is 13.2 Å². The van der Waals surface area contributed by atoms with E-state index in [9.17, 15) is 4.79 Å². The molecule has 1 aromatic heterocycles. The van der Waals surface area contributed by atoms with Gasteiger partial charge in [-0.15, -0.1) is 11.3 Å². The highest BCUT2D eigenvalue weighted by Gasteiger charge is 2.46. The van der Waals surface area contributed by atoms with E-state index in [-0.39, 0.29) is 0 Å². The molecule has 0 aromatic carbocycles. The second kappa shape index (κ2) is 3.64. The van der Waals surface area contributed by atoms with Gasteiger partial charge in [-0.2, -0.15) is 0 Å². The second-order valence-corrected chi connectivity index (χ2v) is 5.40. The van der Waals surface area contributed by atoms with Gasteiger partial charge in [-0.25, -0.2) is 0 Å². The number of ether oxygens (including phenoxy) is 1. The van der Waals surface area contributed by atoms with E-state index in [1.54, 1.807) is 11.3 Å². The minimum Gasteiger partial charge on any atom is -0.481 e. The number of carboxylic acids is 1. The minimum absolute atomic E-state index is 0.331. The Kier molecular flexibility index (Phi) is 2.64. The molecule has 0 amide bonds. The highest BCUT2D eigenvalue weighted by Crippen LogP contribution is 2.34. The van der Waals surface area contributed by atoms with E-state index < -0.39 is 11.4 Å². The van der Waals surface area contributed by atoms with Gasteiger partial charge in [-0.3, -0.25) is 4.79 Å². The van der Waals surface area contributed by atoms with Gasteiger partial charge in [0, 0.05) is 21.2 Å². The third-order valence-electron chi connectivity index (χ3n) is 2.34. The van der Waals surface area contributed by atoms with Crippen molar-refractivity contribution in [1.82, 2.24) is 0 Å². The smallest absolute Gasteiger partial charge is 0.314 e. The van der Waals surface area contributed by atoms with E-state index in [1.165, 1.54) is 0 Å². The van der Waals surface area contributed by atoms with Gasteiger partial charge in [0.15, 0.2) is 0 Å². The van der Waals surface area contributed by atoms with Crippen LogP contribution >= 0.6 is 27.3 Å². The summed E-state index contributed by atoms with van der Waals surface area (Å²) in [5, 5.41) is 11.0. The molecule has 1 fully saturated rings. The molecule has 1 aromatic rings. The Hall–Kier alpha value is -0.390. The Morgan fingerprint density at radius 1 is 1.71 bits per heavy atom. The van der Waals surface area contributed by atoms with Crippen LogP contribution in [-0.4, -0.2) is 24.3 Å². The van der Waals surface area contributed by atoms with Crippen LogP contribution in [0.4, 0.5) is 0 Å². The lowest BCUT2D eigenvalue weighted by atomic mass is 9.82. The number of halogens is 1. The van der Waals surface area contributed by atoms with E-state index in [1.807, 2.05) is 11.4 Å². The fraction of sp³-hybridized carbons (Fsp3) is 0.444. The number of carboxylic acid groups (broad SMARTS) is 1. The zero-order valence-corrected chi connectivity index (χ0v) is 9.73. The van der Waals surface area contributed by atoms with Crippen LogP contribution in [0.15, 0.2) is 15.9 Å². The maximum atomic E-state index is 11.0. The maximum absolute atomic E-state index is 11.0. The van der Waals surface area contributed by atoms with E-state index >= 15 is 0 Å². The first-order valence-electron chi connectivity index (χ1n) is 4.16. The van der Waals surface area contributed by atoms with Crippen LogP contribution in [0.3, 0.4) is 0 Å². The summed E-state index contributed by atoms with van der Waals surface area (Å²) in [6.45, 7) is 0.662. The molecular weight excluding hydrogens is 268 g/mol. The van der Waals surface area contributed by atoms with E-state index in [0.717, 1.165) is 9.35 Å². The molecule has 2 heterocycles. The normalized spacial score (nSPS) is 18.9. The number of hydrogen-bond donors (Lipinski definition) is 1. The molecule has 1 N–H and O–H groups in total. The zero-order valence-electron chi connectivity index (χ0n) is 7.33. The van der Waals surface area contributed by atoms with Gasteiger partial charge in [0.2, 0.25) is 0 Å². The Morgan fingerprint density at radius 3 is 2.79 bits per heavy atom.